The zero-order valence-electron chi connectivity index (χ0n) is 14.6. The summed E-state index contributed by atoms with van der Waals surface area (Å²) in [6.45, 7) is 5.40. The van der Waals surface area contributed by atoms with Gasteiger partial charge in [-0.2, -0.15) is 10.1 Å². The van der Waals surface area contributed by atoms with Gasteiger partial charge in [0.15, 0.2) is 0 Å². The normalized spacial score (nSPS) is 14.4. The second-order valence-corrected chi connectivity index (χ2v) is 6.22. The van der Waals surface area contributed by atoms with Gasteiger partial charge in [-0.15, -0.1) is 0 Å². The average molecular weight is 343 g/mol. The third-order valence-corrected chi connectivity index (χ3v) is 4.12. The molecule has 3 heterocycles. The SMILES string of the molecule is Cc1cc(N2CCCCC2)nc(NCCNC(=O)Cn2cccn2)n1. The van der Waals surface area contributed by atoms with Gasteiger partial charge in [0.05, 0.1) is 0 Å². The summed E-state index contributed by atoms with van der Waals surface area (Å²) in [5.74, 6) is 1.53. The molecule has 0 spiro atoms. The highest BCUT2D eigenvalue weighted by Crippen LogP contribution is 2.19. The Balaban J connectivity index is 1.46. The zero-order valence-corrected chi connectivity index (χ0v) is 14.6. The zero-order chi connectivity index (χ0) is 17.5. The van der Waals surface area contributed by atoms with Gasteiger partial charge >= 0.3 is 0 Å². The molecular weight excluding hydrogens is 318 g/mol. The molecule has 1 aliphatic rings. The molecule has 1 saturated heterocycles. The van der Waals surface area contributed by atoms with Gasteiger partial charge in [-0.05, 0) is 32.3 Å². The fourth-order valence-corrected chi connectivity index (χ4v) is 2.89. The highest BCUT2D eigenvalue weighted by atomic mass is 16.2. The maximum atomic E-state index is 11.8. The van der Waals surface area contributed by atoms with Crippen molar-refractivity contribution in [2.24, 2.45) is 0 Å². The number of hydrogen-bond acceptors (Lipinski definition) is 6. The predicted octanol–water partition coefficient (Wildman–Crippen LogP) is 1.20. The van der Waals surface area contributed by atoms with Crippen molar-refractivity contribution in [2.45, 2.75) is 32.7 Å². The number of aryl methyl sites for hydroxylation is 1. The predicted molar refractivity (Wildman–Crippen MR) is 96.6 cm³/mol. The van der Waals surface area contributed by atoms with E-state index in [0.29, 0.717) is 19.0 Å². The number of anilines is 2. The summed E-state index contributed by atoms with van der Waals surface area (Å²) in [5, 5.41) is 10.1. The maximum absolute atomic E-state index is 11.8. The van der Waals surface area contributed by atoms with E-state index in [0.717, 1.165) is 24.6 Å². The number of carbonyl (C=O) groups is 1. The highest BCUT2D eigenvalue weighted by molar-refractivity contribution is 5.75. The van der Waals surface area contributed by atoms with E-state index >= 15 is 0 Å². The first-order valence-corrected chi connectivity index (χ1v) is 8.79. The third-order valence-electron chi connectivity index (χ3n) is 4.12. The van der Waals surface area contributed by atoms with Crippen molar-refractivity contribution in [1.29, 1.82) is 0 Å². The number of nitrogens with zero attached hydrogens (tertiary/aromatic N) is 5. The minimum atomic E-state index is -0.0651. The summed E-state index contributed by atoms with van der Waals surface area (Å²) >= 11 is 0. The largest absolute Gasteiger partial charge is 0.356 e. The third kappa shape index (κ3) is 5.17. The van der Waals surface area contributed by atoms with E-state index in [9.17, 15) is 4.79 Å². The molecular formula is C17H25N7O. The van der Waals surface area contributed by atoms with Gasteiger partial charge in [0, 0.05) is 50.3 Å². The molecule has 3 rings (SSSR count). The van der Waals surface area contributed by atoms with Crippen LogP contribution >= 0.6 is 0 Å². The molecule has 8 nitrogen and oxygen atoms in total. The lowest BCUT2D eigenvalue weighted by molar-refractivity contribution is -0.121. The van der Waals surface area contributed by atoms with Crippen molar-refractivity contribution in [3.8, 4) is 0 Å². The van der Waals surface area contributed by atoms with Gasteiger partial charge in [0.1, 0.15) is 12.4 Å². The van der Waals surface area contributed by atoms with E-state index in [1.54, 1.807) is 23.1 Å². The fraction of sp³-hybridized carbons (Fsp3) is 0.529. The number of piperidine rings is 1. The molecule has 2 aromatic heterocycles. The second kappa shape index (κ2) is 8.46. The van der Waals surface area contributed by atoms with Crippen LogP contribution < -0.4 is 15.5 Å². The molecule has 134 valence electrons. The molecule has 0 saturated carbocycles. The topological polar surface area (TPSA) is 88.0 Å². The van der Waals surface area contributed by atoms with E-state index in [4.69, 9.17) is 0 Å². The summed E-state index contributed by atoms with van der Waals surface area (Å²) in [7, 11) is 0. The van der Waals surface area contributed by atoms with Gasteiger partial charge in [-0.1, -0.05) is 0 Å². The van der Waals surface area contributed by atoms with Crippen molar-refractivity contribution in [3.63, 3.8) is 0 Å². The first-order chi connectivity index (χ1) is 12.2. The Morgan fingerprint density at radius 2 is 2.04 bits per heavy atom. The lowest BCUT2D eigenvalue weighted by atomic mass is 10.1. The van der Waals surface area contributed by atoms with Gasteiger partial charge in [0.25, 0.3) is 0 Å². The molecule has 1 aliphatic heterocycles. The lowest BCUT2D eigenvalue weighted by Crippen LogP contribution is -2.32. The number of hydrogen-bond donors (Lipinski definition) is 2. The van der Waals surface area contributed by atoms with Gasteiger partial charge in [-0.25, -0.2) is 4.98 Å². The summed E-state index contributed by atoms with van der Waals surface area (Å²) in [6, 6.07) is 3.83. The van der Waals surface area contributed by atoms with Crippen molar-refractivity contribution < 1.29 is 4.79 Å². The molecule has 0 aromatic carbocycles. The number of amides is 1. The number of carbonyl (C=O) groups excluding carboxylic acids is 1. The second-order valence-electron chi connectivity index (χ2n) is 6.22. The Labute approximate surface area is 147 Å². The quantitative estimate of drug-likeness (QED) is 0.735. The van der Waals surface area contributed by atoms with Crippen molar-refractivity contribution in [1.82, 2.24) is 25.1 Å². The van der Waals surface area contributed by atoms with Crippen LogP contribution in [0.5, 0.6) is 0 Å². The van der Waals surface area contributed by atoms with Crippen LogP contribution in [0, 0.1) is 6.92 Å². The molecule has 2 N–H and O–H groups in total. The van der Waals surface area contributed by atoms with E-state index in [1.165, 1.54) is 19.3 Å². The minimum Gasteiger partial charge on any atom is -0.356 e. The molecule has 25 heavy (non-hydrogen) atoms. The first kappa shape index (κ1) is 17.2. The summed E-state index contributed by atoms with van der Waals surface area (Å²) in [4.78, 5) is 23.2. The Morgan fingerprint density at radius 3 is 2.80 bits per heavy atom. The Morgan fingerprint density at radius 1 is 1.20 bits per heavy atom. The summed E-state index contributed by atoms with van der Waals surface area (Å²) in [5.41, 5.74) is 0.945. The lowest BCUT2D eigenvalue weighted by Gasteiger charge is -2.28. The van der Waals surface area contributed by atoms with Gasteiger partial charge < -0.3 is 15.5 Å². The molecule has 2 aromatic rings. The Bertz CT molecular complexity index is 680. The Kier molecular flexibility index (Phi) is 5.81. The molecule has 0 bridgehead atoms. The first-order valence-electron chi connectivity index (χ1n) is 8.79. The van der Waals surface area contributed by atoms with Crippen molar-refractivity contribution >= 4 is 17.7 Å². The van der Waals surface area contributed by atoms with Crippen LogP contribution in [-0.4, -0.2) is 51.8 Å². The van der Waals surface area contributed by atoms with Gasteiger partial charge in [0.2, 0.25) is 11.9 Å². The molecule has 1 amide bonds. The van der Waals surface area contributed by atoms with Gasteiger partial charge in [-0.3, -0.25) is 9.48 Å². The van der Waals surface area contributed by atoms with Crippen LogP contribution in [-0.2, 0) is 11.3 Å². The van der Waals surface area contributed by atoms with E-state index in [2.05, 4.69) is 30.6 Å². The van der Waals surface area contributed by atoms with Crippen LogP contribution in [0.1, 0.15) is 25.0 Å². The number of rotatable bonds is 7. The highest BCUT2D eigenvalue weighted by Gasteiger charge is 2.13. The van der Waals surface area contributed by atoms with Crippen molar-refractivity contribution in [2.75, 3.05) is 36.4 Å². The van der Waals surface area contributed by atoms with Crippen LogP contribution in [0.2, 0.25) is 0 Å². The summed E-state index contributed by atoms with van der Waals surface area (Å²) < 4.78 is 1.59. The molecule has 0 atom stereocenters. The fourth-order valence-electron chi connectivity index (χ4n) is 2.89. The van der Waals surface area contributed by atoms with E-state index in [-0.39, 0.29) is 12.5 Å². The van der Waals surface area contributed by atoms with Crippen LogP contribution in [0.15, 0.2) is 24.5 Å². The molecule has 8 heteroatoms. The average Bonchev–Trinajstić information content (AvgIpc) is 3.12. The number of aromatic nitrogens is 4. The van der Waals surface area contributed by atoms with Crippen molar-refractivity contribution in [3.05, 3.63) is 30.2 Å². The molecule has 0 radical (unpaired) electrons. The Hall–Kier alpha value is -2.64. The molecule has 1 fully saturated rings. The molecule has 0 unspecified atom stereocenters. The van der Waals surface area contributed by atoms with E-state index < -0.39 is 0 Å². The van der Waals surface area contributed by atoms with Crippen LogP contribution in [0.25, 0.3) is 0 Å². The van der Waals surface area contributed by atoms with E-state index in [1.807, 2.05) is 13.0 Å². The minimum absolute atomic E-state index is 0.0651. The monoisotopic (exact) mass is 343 g/mol. The number of nitrogens with one attached hydrogen (secondary N) is 2. The standard InChI is InChI=1S/C17H25N7O/c1-14-12-15(23-9-3-2-4-10-23)22-17(21-14)19-8-7-18-16(25)13-24-11-5-6-20-24/h5-6,11-12H,2-4,7-10,13H2,1H3,(H,18,25)(H,19,21,22). The van der Waals surface area contributed by atoms with Crippen LogP contribution in [0.4, 0.5) is 11.8 Å². The maximum Gasteiger partial charge on any atom is 0.241 e. The summed E-state index contributed by atoms with van der Waals surface area (Å²) in [6.07, 6.45) is 7.15. The molecule has 0 aliphatic carbocycles. The van der Waals surface area contributed by atoms with Crippen LogP contribution in [0.3, 0.4) is 0 Å². The smallest absolute Gasteiger partial charge is 0.241 e.